The summed E-state index contributed by atoms with van der Waals surface area (Å²) in [5.74, 6) is 0.372. The third-order valence-corrected chi connectivity index (χ3v) is 2.67. The van der Waals surface area contributed by atoms with Crippen LogP contribution in [0.15, 0.2) is 18.2 Å². The minimum Gasteiger partial charge on any atom is -0.507 e. The number of hydrogen-bond donors (Lipinski definition) is 1. The van der Waals surface area contributed by atoms with Crippen molar-refractivity contribution in [3.8, 4) is 5.75 Å². The zero-order chi connectivity index (χ0) is 13.0. The summed E-state index contributed by atoms with van der Waals surface area (Å²) in [5, 5.41) is 9.87. The van der Waals surface area contributed by atoms with E-state index in [2.05, 4.69) is 0 Å². The predicted molar refractivity (Wildman–Crippen MR) is 67.9 cm³/mol. The SMILES string of the molecule is Cc1cccc(CN(C)CC(=O)N(C)C)c1O. The fourth-order valence-electron chi connectivity index (χ4n) is 1.57. The lowest BCUT2D eigenvalue weighted by atomic mass is 10.1. The number of para-hydroxylation sites is 1. The van der Waals surface area contributed by atoms with Gasteiger partial charge >= 0.3 is 0 Å². The number of aryl methyl sites for hydroxylation is 1. The van der Waals surface area contributed by atoms with Crippen molar-refractivity contribution in [3.63, 3.8) is 0 Å². The summed E-state index contributed by atoms with van der Waals surface area (Å²) < 4.78 is 0. The van der Waals surface area contributed by atoms with Gasteiger partial charge in [0.25, 0.3) is 0 Å². The highest BCUT2D eigenvalue weighted by Crippen LogP contribution is 2.22. The number of amides is 1. The number of hydrogen-bond acceptors (Lipinski definition) is 3. The van der Waals surface area contributed by atoms with Gasteiger partial charge in [0.1, 0.15) is 5.75 Å². The average molecular weight is 236 g/mol. The summed E-state index contributed by atoms with van der Waals surface area (Å²) in [6, 6.07) is 5.65. The highest BCUT2D eigenvalue weighted by atomic mass is 16.3. The maximum atomic E-state index is 11.5. The monoisotopic (exact) mass is 236 g/mol. The topological polar surface area (TPSA) is 43.8 Å². The number of likely N-dealkylation sites (N-methyl/N-ethyl adjacent to an activating group) is 2. The van der Waals surface area contributed by atoms with E-state index in [1.54, 1.807) is 19.0 Å². The number of benzene rings is 1. The molecule has 0 aromatic heterocycles. The van der Waals surface area contributed by atoms with Gasteiger partial charge in [-0.15, -0.1) is 0 Å². The molecule has 1 amide bonds. The van der Waals surface area contributed by atoms with Crippen LogP contribution in [0.1, 0.15) is 11.1 Å². The Morgan fingerprint density at radius 2 is 1.94 bits per heavy atom. The molecule has 0 spiro atoms. The molecule has 1 aromatic carbocycles. The van der Waals surface area contributed by atoms with E-state index in [4.69, 9.17) is 0 Å². The molecule has 4 heteroatoms. The van der Waals surface area contributed by atoms with Gasteiger partial charge in [-0.3, -0.25) is 9.69 Å². The molecule has 0 aliphatic heterocycles. The molecule has 0 radical (unpaired) electrons. The number of carbonyl (C=O) groups excluding carboxylic acids is 1. The van der Waals surface area contributed by atoms with Gasteiger partial charge in [-0.1, -0.05) is 18.2 Å². The fraction of sp³-hybridized carbons (Fsp3) is 0.462. The molecular formula is C13H20N2O2. The van der Waals surface area contributed by atoms with E-state index < -0.39 is 0 Å². The molecule has 0 aliphatic carbocycles. The van der Waals surface area contributed by atoms with Crippen molar-refractivity contribution < 1.29 is 9.90 Å². The Labute approximate surface area is 102 Å². The molecular weight excluding hydrogens is 216 g/mol. The second kappa shape index (κ2) is 5.68. The first kappa shape index (κ1) is 13.5. The molecule has 0 heterocycles. The number of phenols is 1. The lowest BCUT2D eigenvalue weighted by Gasteiger charge is -2.19. The quantitative estimate of drug-likeness (QED) is 0.855. The average Bonchev–Trinajstić information content (AvgIpc) is 2.24. The smallest absolute Gasteiger partial charge is 0.236 e. The molecule has 1 rings (SSSR count). The van der Waals surface area contributed by atoms with E-state index in [9.17, 15) is 9.90 Å². The Morgan fingerprint density at radius 3 is 2.53 bits per heavy atom. The van der Waals surface area contributed by atoms with Crippen molar-refractivity contribution in [3.05, 3.63) is 29.3 Å². The zero-order valence-electron chi connectivity index (χ0n) is 10.9. The Bertz CT molecular complexity index is 402. The summed E-state index contributed by atoms with van der Waals surface area (Å²) >= 11 is 0. The third-order valence-electron chi connectivity index (χ3n) is 2.67. The molecule has 4 nitrogen and oxygen atoms in total. The van der Waals surface area contributed by atoms with Gasteiger partial charge in [0.15, 0.2) is 0 Å². The summed E-state index contributed by atoms with van der Waals surface area (Å²) in [6.45, 7) is 2.78. The highest BCUT2D eigenvalue weighted by molar-refractivity contribution is 5.77. The molecule has 0 saturated carbocycles. The predicted octanol–water partition coefficient (Wildman–Crippen LogP) is 1.22. The van der Waals surface area contributed by atoms with Gasteiger partial charge in [0.2, 0.25) is 5.91 Å². The number of nitrogens with zero attached hydrogens (tertiary/aromatic N) is 2. The van der Waals surface area contributed by atoms with Gasteiger partial charge < -0.3 is 10.0 Å². The van der Waals surface area contributed by atoms with Crippen LogP contribution in [-0.2, 0) is 11.3 Å². The van der Waals surface area contributed by atoms with Crippen molar-refractivity contribution in [1.82, 2.24) is 9.80 Å². The number of aromatic hydroxyl groups is 1. The number of carbonyl (C=O) groups is 1. The normalized spacial score (nSPS) is 10.6. The number of rotatable bonds is 4. The van der Waals surface area contributed by atoms with Crippen LogP contribution in [0.25, 0.3) is 0 Å². The molecule has 1 aromatic rings. The first-order chi connectivity index (χ1) is 7.91. The summed E-state index contributed by atoms with van der Waals surface area (Å²) in [7, 11) is 5.34. The van der Waals surface area contributed by atoms with E-state index in [0.717, 1.165) is 11.1 Å². The first-order valence-corrected chi connectivity index (χ1v) is 5.58. The van der Waals surface area contributed by atoms with Crippen LogP contribution >= 0.6 is 0 Å². The van der Waals surface area contributed by atoms with Crippen molar-refractivity contribution in [2.24, 2.45) is 0 Å². The lowest BCUT2D eigenvalue weighted by molar-refractivity contribution is -0.129. The Morgan fingerprint density at radius 1 is 1.29 bits per heavy atom. The molecule has 0 aliphatic rings. The highest BCUT2D eigenvalue weighted by Gasteiger charge is 2.11. The van der Waals surface area contributed by atoms with Gasteiger partial charge in [-0.2, -0.15) is 0 Å². The Kier molecular flexibility index (Phi) is 4.52. The van der Waals surface area contributed by atoms with Crippen molar-refractivity contribution in [2.75, 3.05) is 27.7 Å². The zero-order valence-corrected chi connectivity index (χ0v) is 10.9. The van der Waals surface area contributed by atoms with Gasteiger partial charge in [0.05, 0.1) is 6.54 Å². The van der Waals surface area contributed by atoms with Crippen LogP contribution < -0.4 is 0 Å². The van der Waals surface area contributed by atoms with Gasteiger partial charge in [-0.05, 0) is 19.5 Å². The standard InChI is InChI=1S/C13H20N2O2/c1-10-6-5-7-11(13(10)17)8-15(4)9-12(16)14(2)3/h5-7,17H,8-9H2,1-4H3. The Hall–Kier alpha value is -1.55. The maximum Gasteiger partial charge on any atom is 0.236 e. The molecule has 0 bridgehead atoms. The minimum atomic E-state index is 0.0552. The number of phenolic OH excluding ortho intramolecular Hbond substituents is 1. The second-order valence-electron chi connectivity index (χ2n) is 4.54. The summed E-state index contributed by atoms with van der Waals surface area (Å²) in [4.78, 5) is 15.0. The first-order valence-electron chi connectivity index (χ1n) is 5.58. The molecule has 94 valence electrons. The molecule has 0 fully saturated rings. The van der Waals surface area contributed by atoms with E-state index in [1.165, 1.54) is 0 Å². The van der Waals surface area contributed by atoms with E-state index in [0.29, 0.717) is 18.8 Å². The molecule has 0 saturated heterocycles. The van der Waals surface area contributed by atoms with Crippen LogP contribution in [0, 0.1) is 6.92 Å². The molecule has 0 atom stereocenters. The van der Waals surface area contributed by atoms with Crippen molar-refractivity contribution in [1.29, 1.82) is 0 Å². The van der Waals surface area contributed by atoms with Crippen molar-refractivity contribution >= 4 is 5.91 Å². The maximum absolute atomic E-state index is 11.5. The lowest BCUT2D eigenvalue weighted by Crippen LogP contribution is -2.34. The van der Waals surface area contributed by atoms with Crippen LogP contribution in [0.5, 0.6) is 5.75 Å². The largest absolute Gasteiger partial charge is 0.507 e. The van der Waals surface area contributed by atoms with E-state index in [1.807, 2.05) is 37.1 Å². The molecule has 1 N–H and O–H groups in total. The van der Waals surface area contributed by atoms with Crippen LogP contribution in [0.4, 0.5) is 0 Å². The molecule has 17 heavy (non-hydrogen) atoms. The summed E-state index contributed by atoms with van der Waals surface area (Å²) in [5.41, 5.74) is 1.70. The second-order valence-corrected chi connectivity index (χ2v) is 4.54. The van der Waals surface area contributed by atoms with E-state index >= 15 is 0 Å². The van der Waals surface area contributed by atoms with Gasteiger partial charge in [0, 0.05) is 26.2 Å². The van der Waals surface area contributed by atoms with Gasteiger partial charge in [-0.25, -0.2) is 0 Å². The van der Waals surface area contributed by atoms with Crippen LogP contribution in [-0.4, -0.2) is 48.5 Å². The minimum absolute atomic E-state index is 0.0552. The van der Waals surface area contributed by atoms with E-state index in [-0.39, 0.29) is 5.91 Å². The van der Waals surface area contributed by atoms with Crippen LogP contribution in [0.2, 0.25) is 0 Å². The Balaban J connectivity index is 2.65. The van der Waals surface area contributed by atoms with Crippen molar-refractivity contribution in [2.45, 2.75) is 13.5 Å². The molecule has 0 unspecified atom stereocenters. The summed E-state index contributed by atoms with van der Waals surface area (Å²) in [6.07, 6.45) is 0. The fourth-order valence-corrected chi connectivity index (χ4v) is 1.57. The van der Waals surface area contributed by atoms with Crippen LogP contribution in [0.3, 0.4) is 0 Å². The third kappa shape index (κ3) is 3.75.